The number of fused-ring (bicyclic) bond motifs is 1. The van der Waals surface area contributed by atoms with Crippen molar-refractivity contribution in [3.63, 3.8) is 0 Å². The SMILES string of the molecule is Cc1cc(Br)cc(C)c1OCC(=O)NN=Cc1cc2c(cc1Br)OCO2. The van der Waals surface area contributed by atoms with E-state index >= 15 is 0 Å². The molecule has 26 heavy (non-hydrogen) atoms. The van der Waals surface area contributed by atoms with E-state index in [1.807, 2.05) is 26.0 Å². The Labute approximate surface area is 167 Å². The Hall–Kier alpha value is -2.06. The molecule has 1 aliphatic rings. The molecule has 0 atom stereocenters. The van der Waals surface area contributed by atoms with Gasteiger partial charge in [0.1, 0.15) is 5.75 Å². The van der Waals surface area contributed by atoms with E-state index in [-0.39, 0.29) is 19.3 Å². The van der Waals surface area contributed by atoms with Crippen LogP contribution in [-0.4, -0.2) is 25.5 Å². The van der Waals surface area contributed by atoms with Crippen molar-refractivity contribution >= 4 is 44.0 Å². The molecule has 1 amide bonds. The van der Waals surface area contributed by atoms with Crippen molar-refractivity contribution in [1.29, 1.82) is 0 Å². The minimum absolute atomic E-state index is 0.122. The van der Waals surface area contributed by atoms with Crippen LogP contribution in [0, 0.1) is 13.8 Å². The van der Waals surface area contributed by atoms with Gasteiger partial charge in [-0.1, -0.05) is 15.9 Å². The lowest BCUT2D eigenvalue weighted by Crippen LogP contribution is -2.25. The van der Waals surface area contributed by atoms with Crippen LogP contribution in [0.25, 0.3) is 0 Å². The number of aryl methyl sites for hydroxylation is 2. The van der Waals surface area contributed by atoms with Gasteiger partial charge in [-0.15, -0.1) is 0 Å². The summed E-state index contributed by atoms with van der Waals surface area (Å²) in [5.41, 5.74) is 5.12. The summed E-state index contributed by atoms with van der Waals surface area (Å²) in [6.07, 6.45) is 1.53. The first-order valence-electron chi connectivity index (χ1n) is 7.74. The van der Waals surface area contributed by atoms with Gasteiger partial charge < -0.3 is 14.2 Å². The second-order valence-electron chi connectivity index (χ2n) is 5.68. The number of carbonyl (C=O) groups excluding carboxylic acids is 1. The first-order valence-corrected chi connectivity index (χ1v) is 9.33. The van der Waals surface area contributed by atoms with Gasteiger partial charge in [-0.2, -0.15) is 5.10 Å². The van der Waals surface area contributed by atoms with Gasteiger partial charge in [-0.05, 0) is 65.2 Å². The molecule has 1 aliphatic heterocycles. The minimum Gasteiger partial charge on any atom is -0.483 e. The van der Waals surface area contributed by atoms with Crippen molar-refractivity contribution in [2.24, 2.45) is 5.10 Å². The predicted molar refractivity (Wildman–Crippen MR) is 105 cm³/mol. The Kier molecular flexibility index (Phi) is 5.83. The zero-order valence-corrected chi connectivity index (χ0v) is 17.3. The zero-order valence-electron chi connectivity index (χ0n) is 14.1. The van der Waals surface area contributed by atoms with E-state index in [0.717, 1.165) is 25.6 Å². The van der Waals surface area contributed by atoms with E-state index < -0.39 is 0 Å². The lowest BCUT2D eigenvalue weighted by molar-refractivity contribution is -0.123. The summed E-state index contributed by atoms with van der Waals surface area (Å²) in [6.45, 7) is 3.94. The maximum Gasteiger partial charge on any atom is 0.277 e. The number of amides is 1. The molecular formula is C18H16Br2N2O4. The third-order valence-corrected chi connectivity index (χ3v) is 4.80. The molecule has 0 aliphatic carbocycles. The van der Waals surface area contributed by atoms with Gasteiger partial charge in [0.25, 0.3) is 5.91 Å². The fourth-order valence-electron chi connectivity index (χ4n) is 2.50. The van der Waals surface area contributed by atoms with Gasteiger partial charge in [0.2, 0.25) is 6.79 Å². The summed E-state index contributed by atoms with van der Waals surface area (Å²) < 4.78 is 18.0. The molecule has 0 fully saturated rings. The highest BCUT2D eigenvalue weighted by Gasteiger charge is 2.15. The Bertz CT molecular complexity index is 861. The lowest BCUT2D eigenvalue weighted by atomic mass is 10.1. The number of hydrogen-bond acceptors (Lipinski definition) is 5. The number of nitrogens with zero attached hydrogens (tertiary/aromatic N) is 1. The monoisotopic (exact) mass is 482 g/mol. The van der Waals surface area contributed by atoms with Crippen molar-refractivity contribution in [2.75, 3.05) is 13.4 Å². The molecule has 0 saturated carbocycles. The van der Waals surface area contributed by atoms with Crippen LogP contribution in [0.1, 0.15) is 16.7 Å². The van der Waals surface area contributed by atoms with Crippen LogP contribution in [0.5, 0.6) is 17.2 Å². The molecule has 2 aromatic carbocycles. The van der Waals surface area contributed by atoms with E-state index in [1.165, 1.54) is 6.21 Å². The van der Waals surface area contributed by atoms with Crippen LogP contribution < -0.4 is 19.6 Å². The van der Waals surface area contributed by atoms with E-state index in [1.54, 1.807) is 12.1 Å². The Morgan fingerprint density at radius 3 is 2.54 bits per heavy atom. The molecular weight excluding hydrogens is 468 g/mol. The maximum atomic E-state index is 12.0. The van der Waals surface area contributed by atoms with Crippen LogP contribution in [-0.2, 0) is 4.79 Å². The Balaban J connectivity index is 1.57. The molecule has 1 N–H and O–H groups in total. The summed E-state index contributed by atoms with van der Waals surface area (Å²) in [4.78, 5) is 12.0. The van der Waals surface area contributed by atoms with Crippen molar-refractivity contribution in [3.05, 3.63) is 49.9 Å². The molecule has 0 spiro atoms. The summed E-state index contributed by atoms with van der Waals surface area (Å²) in [5.74, 6) is 1.67. The van der Waals surface area contributed by atoms with E-state index in [2.05, 4.69) is 42.4 Å². The number of ether oxygens (including phenoxy) is 3. The summed E-state index contributed by atoms with van der Waals surface area (Å²) in [7, 11) is 0. The standard InChI is InChI=1S/C18H16Br2N2O4/c1-10-3-13(19)4-11(2)18(10)24-8-17(23)22-21-7-12-5-15-16(6-14(12)20)26-9-25-15/h3-7H,8-9H2,1-2H3,(H,22,23). The topological polar surface area (TPSA) is 69.2 Å². The Morgan fingerprint density at radius 1 is 1.19 bits per heavy atom. The average molecular weight is 484 g/mol. The first-order chi connectivity index (χ1) is 12.4. The molecule has 0 unspecified atom stereocenters. The second kappa shape index (κ2) is 8.09. The summed E-state index contributed by atoms with van der Waals surface area (Å²) in [5, 5.41) is 3.96. The highest BCUT2D eigenvalue weighted by atomic mass is 79.9. The number of benzene rings is 2. The molecule has 0 aromatic heterocycles. The lowest BCUT2D eigenvalue weighted by Gasteiger charge is -2.11. The van der Waals surface area contributed by atoms with Gasteiger partial charge in [0, 0.05) is 14.5 Å². The zero-order chi connectivity index (χ0) is 18.7. The van der Waals surface area contributed by atoms with Gasteiger partial charge in [-0.25, -0.2) is 5.43 Å². The number of nitrogens with one attached hydrogen (secondary N) is 1. The second-order valence-corrected chi connectivity index (χ2v) is 7.45. The van der Waals surface area contributed by atoms with Crippen LogP contribution in [0.3, 0.4) is 0 Å². The molecule has 8 heteroatoms. The number of hydrazone groups is 1. The van der Waals surface area contributed by atoms with Crippen LogP contribution in [0.2, 0.25) is 0 Å². The normalized spacial score (nSPS) is 12.5. The summed E-state index contributed by atoms with van der Waals surface area (Å²) in [6, 6.07) is 7.46. The Morgan fingerprint density at radius 2 is 1.85 bits per heavy atom. The van der Waals surface area contributed by atoms with Gasteiger partial charge in [-0.3, -0.25) is 4.79 Å². The third-order valence-electron chi connectivity index (χ3n) is 3.66. The minimum atomic E-state index is -0.347. The van der Waals surface area contributed by atoms with E-state index in [9.17, 15) is 4.79 Å². The quantitative estimate of drug-likeness (QED) is 0.513. The van der Waals surface area contributed by atoms with Gasteiger partial charge in [0.15, 0.2) is 18.1 Å². The molecule has 3 rings (SSSR count). The maximum absolute atomic E-state index is 12.0. The molecule has 0 saturated heterocycles. The molecule has 0 radical (unpaired) electrons. The molecule has 2 aromatic rings. The largest absolute Gasteiger partial charge is 0.483 e. The van der Waals surface area contributed by atoms with E-state index in [0.29, 0.717) is 17.2 Å². The van der Waals surface area contributed by atoms with Gasteiger partial charge >= 0.3 is 0 Å². The first kappa shape index (κ1) is 18.7. The summed E-state index contributed by atoms with van der Waals surface area (Å²) >= 11 is 6.87. The van der Waals surface area contributed by atoms with Gasteiger partial charge in [0.05, 0.1) is 6.21 Å². The molecule has 0 bridgehead atoms. The fraction of sp³-hybridized carbons (Fsp3) is 0.222. The van der Waals surface area contributed by atoms with Crippen LogP contribution >= 0.6 is 31.9 Å². The number of carbonyl (C=O) groups is 1. The van der Waals surface area contributed by atoms with Crippen molar-refractivity contribution in [2.45, 2.75) is 13.8 Å². The van der Waals surface area contributed by atoms with Crippen molar-refractivity contribution in [1.82, 2.24) is 5.43 Å². The highest BCUT2D eigenvalue weighted by Crippen LogP contribution is 2.36. The molecule has 1 heterocycles. The van der Waals surface area contributed by atoms with Crippen LogP contribution in [0.15, 0.2) is 38.3 Å². The fourth-order valence-corrected chi connectivity index (χ4v) is 3.61. The van der Waals surface area contributed by atoms with Crippen LogP contribution in [0.4, 0.5) is 0 Å². The van der Waals surface area contributed by atoms with E-state index in [4.69, 9.17) is 14.2 Å². The molecule has 6 nitrogen and oxygen atoms in total. The molecule has 136 valence electrons. The predicted octanol–water partition coefficient (Wildman–Crippen LogP) is 4.09. The number of halogens is 2. The number of hydrogen-bond donors (Lipinski definition) is 1. The van der Waals surface area contributed by atoms with Crippen molar-refractivity contribution in [3.8, 4) is 17.2 Å². The van der Waals surface area contributed by atoms with Crippen molar-refractivity contribution < 1.29 is 19.0 Å². The third kappa shape index (κ3) is 4.37. The highest BCUT2D eigenvalue weighted by molar-refractivity contribution is 9.10. The smallest absolute Gasteiger partial charge is 0.277 e. The average Bonchev–Trinajstić information content (AvgIpc) is 3.01. The number of rotatable bonds is 5.